The molecule has 0 unspecified atom stereocenters. The van der Waals surface area contributed by atoms with Crippen molar-refractivity contribution in [1.29, 1.82) is 0 Å². The lowest BCUT2D eigenvalue weighted by Crippen LogP contribution is -2.30. The van der Waals surface area contributed by atoms with E-state index in [0.717, 1.165) is 11.6 Å². The van der Waals surface area contributed by atoms with Crippen molar-refractivity contribution in [3.63, 3.8) is 0 Å². The number of anilines is 1. The minimum atomic E-state index is -0.660. The summed E-state index contributed by atoms with van der Waals surface area (Å²) in [5.74, 6) is -1.42. The molecule has 0 saturated heterocycles. The summed E-state index contributed by atoms with van der Waals surface area (Å²) >= 11 is 0. The van der Waals surface area contributed by atoms with E-state index >= 15 is 0 Å². The second kappa shape index (κ2) is 9.93. The molecule has 0 aliphatic carbocycles. The van der Waals surface area contributed by atoms with Gasteiger partial charge in [-0.3, -0.25) is 9.89 Å². The minimum absolute atomic E-state index is 0.0455. The SMILES string of the molecule is C[C@@H](CO)CNC(=O)c1cc(F)c(-c2cn[nH]c2)nc1NCCc1cccc(F)c1. The van der Waals surface area contributed by atoms with Crippen molar-refractivity contribution in [1.82, 2.24) is 20.5 Å². The lowest BCUT2D eigenvalue weighted by molar-refractivity contribution is 0.0942. The molecule has 0 fully saturated rings. The fraction of sp³-hybridized carbons (Fsp3) is 0.286. The molecule has 0 saturated carbocycles. The van der Waals surface area contributed by atoms with Gasteiger partial charge in [0, 0.05) is 31.5 Å². The Labute approximate surface area is 172 Å². The molecule has 0 spiro atoms. The van der Waals surface area contributed by atoms with E-state index < -0.39 is 11.7 Å². The minimum Gasteiger partial charge on any atom is -0.396 e. The van der Waals surface area contributed by atoms with Crippen molar-refractivity contribution in [2.75, 3.05) is 25.0 Å². The van der Waals surface area contributed by atoms with Crippen molar-refractivity contribution < 1.29 is 18.7 Å². The number of carbonyl (C=O) groups is 1. The molecule has 0 aliphatic rings. The van der Waals surface area contributed by atoms with Crippen molar-refractivity contribution >= 4 is 11.7 Å². The highest BCUT2D eigenvalue weighted by Crippen LogP contribution is 2.25. The van der Waals surface area contributed by atoms with Crippen LogP contribution in [0.25, 0.3) is 11.3 Å². The number of amides is 1. The second-order valence-electron chi connectivity index (χ2n) is 7.01. The van der Waals surface area contributed by atoms with E-state index in [9.17, 15) is 13.6 Å². The Balaban J connectivity index is 1.83. The van der Waals surface area contributed by atoms with E-state index in [-0.39, 0.29) is 42.0 Å². The average molecular weight is 415 g/mol. The van der Waals surface area contributed by atoms with E-state index in [1.165, 1.54) is 24.5 Å². The van der Waals surface area contributed by atoms with Gasteiger partial charge in [0.25, 0.3) is 5.91 Å². The predicted octanol–water partition coefficient (Wildman–Crippen LogP) is 2.76. The smallest absolute Gasteiger partial charge is 0.255 e. The quantitative estimate of drug-likeness (QED) is 0.430. The normalized spacial score (nSPS) is 11.9. The summed E-state index contributed by atoms with van der Waals surface area (Å²) in [6, 6.07) is 7.34. The molecule has 2 aromatic heterocycles. The average Bonchev–Trinajstić information content (AvgIpc) is 3.27. The van der Waals surface area contributed by atoms with Crippen LogP contribution in [0.5, 0.6) is 0 Å². The number of halogens is 2. The first-order chi connectivity index (χ1) is 14.5. The number of benzene rings is 1. The van der Waals surface area contributed by atoms with Crippen LogP contribution in [0.4, 0.5) is 14.6 Å². The summed E-state index contributed by atoms with van der Waals surface area (Å²) < 4.78 is 28.0. The van der Waals surface area contributed by atoms with Crippen LogP contribution in [0.1, 0.15) is 22.8 Å². The summed E-state index contributed by atoms with van der Waals surface area (Å²) in [6.07, 6.45) is 3.43. The molecule has 7 nitrogen and oxygen atoms in total. The Hall–Kier alpha value is -3.33. The van der Waals surface area contributed by atoms with Crippen LogP contribution in [0.15, 0.2) is 42.7 Å². The van der Waals surface area contributed by atoms with E-state index in [4.69, 9.17) is 5.11 Å². The number of aromatic nitrogens is 3. The molecule has 4 N–H and O–H groups in total. The maximum Gasteiger partial charge on any atom is 0.255 e. The number of aromatic amines is 1. The zero-order chi connectivity index (χ0) is 21.5. The van der Waals surface area contributed by atoms with E-state index in [2.05, 4.69) is 25.8 Å². The van der Waals surface area contributed by atoms with Gasteiger partial charge in [0.1, 0.15) is 17.3 Å². The van der Waals surface area contributed by atoms with Gasteiger partial charge >= 0.3 is 0 Å². The number of carbonyl (C=O) groups excluding carboxylic acids is 1. The van der Waals surface area contributed by atoms with Crippen LogP contribution < -0.4 is 10.6 Å². The zero-order valence-electron chi connectivity index (χ0n) is 16.5. The molecule has 1 atom stereocenters. The summed E-state index contributed by atoms with van der Waals surface area (Å²) in [7, 11) is 0. The number of H-pyrrole nitrogens is 1. The van der Waals surface area contributed by atoms with Crippen molar-refractivity contribution in [3.05, 3.63) is 65.5 Å². The van der Waals surface area contributed by atoms with Crippen LogP contribution >= 0.6 is 0 Å². The van der Waals surface area contributed by atoms with Crippen LogP contribution in [0.2, 0.25) is 0 Å². The Bertz CT molecular complexity index is 995. The number of hydrogen-bond acceptors (Lipinski definition) is 5. The van der Waals surface area contributed by atoms with E-state index in [0.29, 0.717) is 18.5 Å². The molecular formula is C21H23F2N5O2. The molecule has 30 heavy (non-hydrogen) atoms. The Morgan fingerprint density at radius 3 is 2.83 bits per heavy atom. The van der Waals surface area contributed by atoms with Gasteiger partial charge in [-0.2, -0.15) is 5.10 Å². The summed E-state index contributed by atoms with van der Waals surface area (Å²) in [6.45, 7) is 2.30. The first kappa shape index (κ1) is 21.4. The van der Waals surface area contributed by atoms with Gasteiger partial charge in [-0.1, -0.05) is 19.1 Å². The molecule has 158 valence electrons. The largest absolute Gasteiger partial charge is 0.396 e. The summed E-state index contributed by atoms with van der Waals surface area (Å²) in [5, 5.41) is 21.3. The molecule has 3 aromatic rings. The molecule has 0 aliphatic heterocycles. The van der Waals surface area contributed by atoms with Gasteiger partial charge in [0.15, 0.2) is 5.82 Å². The maximum atomic E-state index is 14.7. The molecule has 1 aromatic carbocycles. The van der Waals surface area contributed by atoms with E-state index in [1.54, 1.807) is 19.1 Å². The molecule has 0 radical (unpaired) electrons. The Kier molecular flexibility index (Phi) is 7.08. The van der Waals surface area contributed by atoms with Crippen molar-refractivity contribution in [2.45, 2.75) is 13.3 Å². The molecule has 9 heteroatoms. The predicted molar refractivity (Wildman–Crippen MR) is 109 cm³/mol. The van der Waals surface area contributed by atoms with Crippen LogP contribution in [-0.4, -0.2) is 45.9 Å². The van der Waals surface area contributed by atoms with Gasteiger partial charge in [0.2, 0.25) is 0 Å². The number of hydrogen-bond donors (Lipinski definition) is 4. The number of nitrogens with zero attached hydrogens (tertiary/aromatic N) is 2. The van der Waals surface area contributed by atoms with Gasteiger partial charge in [-0.15, -0.1) is 0 Å². The third-order valence-corrected chi connectivity index (χ3v) is 4.51. The topological polar surface area (TPSA) is 103 Å². The third-order valence-electron chi connectivity index (χ3n) is 4.51. The van der Waals surface area contributed by atoms with Crippen LogP contribution in [-0.2, 0) is 6.42 Å². The van der Waals surface area contributed by atoms with Crippen LogP contribution in [0.3, 0.4) is 0 Å². The maximum absolute atomic E-state index is 14.7. The van der Waals surface area contributed by atoms with Gasteiger partial charge in [0.05, 0.1) is 11.8 Å². The first-order valence-electron chi connectivity index (χ1n) is 9.55. The summed E-state index contributed by atoms with van der Waals surface area (Å²) in [5.41, 5.74) is 1.32. The molecule has 2 heterocycles. The molecule has 1 amide bonds. The molecule has 3 rings (SSSR count). The highest BCUT2D eigenvalue weighted by Gasteiger charge is 2.19. The zero-order valence-corrected chi connectivity index (χ0v) is 16.5. The highest BCUT2D eigenvalue weighted by molar-refractivity contribution is 5.99. The Morgan fingerprint density at radius 1 is 1.30 bits per heavy atom. The lowest BCUT2D eigenvalue weighted by Gasteiger charge is -2.15. The van der Waals surface area contributed by atoms with Crippen LogP contribution in [0, 0.1) is 17.6 Å². The van der Waals surface area contributed by atoms with Gasteiger partial charge < -0.3 is 15.7 Å². The first-order valence-corrected chi connectivity index (χ1v) is 9.55. The fourth-order valence-electron chi connectivity index (χ4n) is 2.82. The van der Waals surface area contributed by atoms with Crippen molar-refractivity contribution in [2.24, 2.45) is 5.92 Å². The van der Waals surface area contributed by atoms with Crippen molar-refractivity contribution in [3.8, 4) is 11.3 Å². The van der Waals surface area contributed by atoms with Gasteiger partial charge in [-0.05, 0) is 36.1 Å². The monoisotopic (exact) mass is 415 g/mol. The standard InChI is InChI=1S/C21H23F2N5O2/c1-13(12-29)9-25-21(30)17-8-18(23)19(15-10-26-27-11-15)28-20(17)24-6-5-14-3-2-4-16(22)7-14/h2-4,7-8,10-11,13,29H,5-6,9,12H2,1H3,(H,24,28)(H,25,30)(H,26,27)/t13-/m1/s1. The number of aliphatic hydroxyl groups excluding tert-OH is 1. The third kappa shape index (κ3) is 5.38. The highest BCUT2D eigenvalue weighted by atomic mass is 19.1. The number of pyridine rings is 1. The van der Waals surface area contributed by atoms with E-state index in [1.807, 2.05) is 0 Å². The Morgan fingerprint density at radius 2 is 2.13 bits per heavy atom. The number of aliphatic hydroxyl groups is 1. The second-order valence-corrected chi connectivity index (χ2v) is 7.01. The number of nitrogens with one attached hydrogen (secondary N) is 3. The lowest BCUT2D eigenvalue weighted by atomic mass is 10.1. The molecular weight excluding hydrogens is 392 g/mol. The summed E-state index contributed by atoms with van der Waals surface area (Å²) in [4.78, 5) is 16.9. The number of rotatable bonds is 9. The fourth-order valence-corrected chi connectivity index (χ4v) is 2.82. The molecule has 0 bridgehead atoms. The van der Waals surface area contributed by atoms with Gasteiger partial charge in [-0.25, -0.2) is 13.8 Å².